The van der Waals surface area contributed by atoms with Crippen LogP contribution in [0.25, 0.3) is 0 Å². The highest BCUT2D eigenvalue weighted by Gasteiger charge is 2.10. The van der Waals surface area contributed by atoms with E-state index in [0.717, 1.165) is 0 Å². The van der Waals surface area contributed by atoms with E-state index in [1.807, 2.05) is 0 Å². The van der Waals surface area contributed by atoms with Crippen LogP contribution in [0.5, 0.6) is 0 Å². The Kier molecular flexibility index (Phi) is 4.95. The summed E-state index contributed by atoms with van der Waals surface area (Å²) >= 11 is 0. The molecule has 1 heterocycles. The molecule has 0 aliphatic carbocycles. The monoisotopic (exact) mass is 181 g/mol. The van der Waals surface area contributed by atoms with Crippen LogP contribution in [0.1, 0.15) is 51.9 Å². The van der Waals surface area contributed by atoms with Crippen molar-refractivity contribution in [3.05, 3.63) is 11.8 Å². The zero-order valence-corrected chi connectivity index (χ0v) is 9.18. The van der Waals surface area contributed by atoms with Crippen LogP contribution in [-0.2, 0) is 0 Å². The first kappa shape index (κ1) is 10.6. The van der Waals surface area contributed by atoms with E-state index >= 15 is 0 Å². The van der Waals surface area contributed by atoms with Crippen LogP contribution in [0.15, 0.2) is 11.8 Å². The summed E-state index contributed by atoms with van der Waals surface area (Å²) in [7, 11) is 2.21. The summed E-state index contributed by atoms with van der Waals surface area (Å²) in [5.74, 6) is 0. The molecule has 0 aromatic rings. The summed E-state index contributed by atoms with van der Waals surface area (Å²) in [4.78, 5) is 2.40. The van der Waals surface area contributed by atoms with E-state index < -0.39 is 0 Å². The molecule has 1 aliphatic rings. The Hall–Kier alpha value is -0.460. The van der Waals surface area contributed by atoms with Gasteiger partial charge in [-0.2, -0.15) is 0 Å². The van der Waals surface area contributed by atoms with Crippen molar-refractivity contribution in [1.29, 1.82) is 0 Å². The summed E-state index contributed by atoms with van der Waals surface area (Å²) in [5, 5.41) is 0. The van der Waals surface area contributed by atoms with Gasteiger partial charge >= 0.3 is 0 Å². The second kappa shape index (κ2) is 6.06. The van der Waals surface area contributed by atoms with E-state index in [9.17, 15) is 0 Å². The minimum atomic E-state index is 1.26. The van der Waals surface area contributed by atoms with Crippen molar-refractivity contribution >= 4 is 0 Å². The molecule has 1 heteroatoms. The van der Waals surface area contributed by atoms with Gasteiger partial charge in [0.15, 0.2) is 0 Å². The van der Waals surface area contributed by atoms with Crippen LogP contribution < -0.4 is 0 Å². The van der Waals surface area contributed by atoms with Gasteiger partial charge in [0, 0.05) is 19.3 Å². The normalized spacial score (nSPS) is 20.2. The molecule has 0 N–H and O–H groups in total. The number of likely N-dealkylation sites (tertiary alicyclic amines) is 1. The van der Waals surface area contributed by atoms with E-state index in [1.54, 1.807) is 5.70 Å². The zero-order valence-electron chi connectivity index (χ0n) is 9.18. The van der Waals surface area contributed by atoms with E-state index in [2.05, 4.69) is 24.9 Å². The van der Waals surface area contributed by atoms with E-state index in [-0.39, 0.29) is 0 Å². The Morgan fingerprint density at radius 3 is 2.77 bits per heavy atom. The van der Waals surface area contributed by atoms with Crippen molar-refractivity contribution in [2.24, 2.45) is 0 Å². The Labute approximate surface area is 82.8 Å². The van der Waals surface area contributed by atoms with Crippen LogP contribution in [0.4, 0.5) is 0 Å². The van der Waals surface area contributed by atoms with Gasteiger partial charge in [0.05, 0.1) is 0 Å². The molecule has 1 saturated heterocycles. The molecule has 1 fully saturated rings. The molecule has 0 bridgehead atoms. The van der Waals surface area contributed by atoms with Crippen molar-refractivity contribution in [2.45, 2.75) is 51.9 Å². The fourth-order valence-corrected chi connectivity index (χ4v) is 1.93. The van der Waals surface area contributed by atoms with Crippen molar-refractivity contribution in [1.82, 2.24) is 4.90 Å². The highest BCUT2D eigenvalue weighted by Crippen LogP contribution is 2.19. The molecular formula is C12H23N. The summed E-state index contributed by atoms with van der Waals surface area (Å²) in [6.45, 7) is 3.53. The maximum absolute atomic E-state index is 2.45. The molecule has 0 aromatic heterocycles. The maximum Gasteiger partial charge on any atom is 0.0175 e. The van der Waals surface area contributed by atoms with E-state index in [1.165, 1.54) is 51.5 Å². The highest BCUT2D eigenvalue weighted by atomic mass is 15.1. The Balaban J connectivity index is 2.09. The highest BCUT2D eigenvalue weighted by molar-refractivity contribution is 5.04. The van der Waals surface area contributed by atoms with Gasteiger partial charge in [0.1, 0.15) is 0 Å². The molecule has 0 aromatic carbocycles. The number of unbranched alkanes of at least 4 members (excludes halogenated alkanes) is 4. The summed E-state index contributed by atoms with van der Waals surface area (Å²) in [6, 6.07) is 0. The van der Waals surface area contributed by atoms with Gasteiger partial charge < -0.3 is 4.90 Å². The Morgan fingerprint density at radius 1 is 1.31 bits per heavy atom. The third-order valence-corrected chi connectivity index (χ3v) is 2.85. The second-order valence-electron chi connectivity index (χ2n) is 4.07. The number of rotatable bonds is 5. The average molecular weight is 181 g/mol. The van der Waals surface area contributed by atoms with Gasteiger partial charge in [0.25, 0.3) is 0 Å². The van der Waals surface area contributed by atoms with Gasteiger partial charge in [0.2, 0.25) is 0 Å². The minimum absolute atomic E-state index is 1.26. The quantitative estimate of drug-likeness (QED) is 0.586. The zero-order chi connectivity index (χ0) is 9.52. The lowest BCUT2D eigenvalue weighted by atomic mass is 10.1. The third-order valence-electron chi connectivity index (χ3n) is 2.85. The molecule has 1 rings (SSSR count). The first-order valence-corrected chi connectivity index (χ1v) is 5.74. The van der Waals surface area contributed by atoms with Crippen molar-refractivity contribution in [2.75, 3.05) is 13.6 Å². The van der Waals surface area contributed by atoms with Crippen molar-refractivity contribution in [3.63, 3.8) is 0 Å². The SMILES string of the molecule is CCCCCCC=C1CCCN1C. The Bertz CT molecular complexity index is 161. The molecular weight excluding hydrogens is 158 g/mol. The first-order chi connectivity index (χ1) is 6.34. The number of allylic oxidation sites excluding steroid dienone is 2. The predicted molar refractivity (Wildman–Crippen MR) is 58.7 cm³/mol. The van der Waals surface area contributed by atoms with Gasteiger partial charge in [-0.3, -0.25) is 0 Å². The summed E-state index contributed by atoms with van der Waals surface area (Å²) in [5.41, 5.74) is 1.58. The molecule has 0 radical (unpaired) electrons. The number of hydrogen-bond acceptors (Lipinski definition) is 1. The molecule has 13 heavy (non-hydrogen) atoms. The second-order valence-corrected chi connectivity index (χ2v) is 4.07. The predicted octanol–water partition coefficient (Wildman–Crippen LogP) is 3.57. The standard InChI is InChI=1S/C12H23N/c1-3-4-5-6-7-9-12-10-8-11-13(12)2/h9H,3-8,10-11H2,1-2H3. The lowest BCUT2D eigenvalue weighted by Crippen LogP contribution is -2.09. The van der Waals surface area contributed by atoms with E-state index in [0.29, 0.717) is 0 Å². The van der Waals surface area contributed by atoms with Crippen LogP contribution in [0.2, 0.25) is 0 Å². The first-order valence-electron chi connectivity index (χ1n) is 5.74. The summed E-state index contributed by atoms with van der Waals surface area (Å²) < 4.78 is 0. The smallest absolute Gasteiger partial charge is 0.0175 e. The Morgan fingerprint density at radius 2 is 2.15 bits per heavy atom. The van der Waals surface area contributed by atoms with Gasteiger partial charge in [-0.05, 0) is 25.7 Å². The van der Waals surface area contributed by atoms with Crippen molar-refractivity contribution < 1.29 is 0 Å². The van der Waals surface area contributed by atoms with Crippen molar-refractivity contribution in [3.8, 4) is 0 Å². The molecule has 0 spiro atoms. The van der Waals surface area contributed by atoms with Crippen LogP contribution in [-0.4, -0.2) is 18.5 Å². The van der Waals surface area contributed by atoms with Crippen LogP contribution in [0.3, 0.4) is 0 Å². The number of hydrogen-bond donors (Lipinski definition) is 0. The topological polar surface area (TPSA) is 3.24 Å². The fraction of sp³-hybridized carbons (Fsp3) is 0.833. The van der Waals surface area contributed by atoms with Crippen LogP contribution in [0, 0.1) is 0 Å². The minimum Gasteiger partial charge on any atom is -0.378 e. The number of nitrogens with zero attached hydrogens (tertiary/aromatic N) is 1. The van der Waals surface area contributed by atoms with Gasteiger partial charge in [-0.15, -0.1) is 0 Å². The maximum atomic E-state index is 2.45. The lowest BCUT2D eigenvalue weighted by molar-refractivity contribution is 0.478. The molecule has 0 amide bonds. The molecule has 1 aliphatic heterocycles. The largest absolute Gasteiger partial charge is 0.378 e. The lowest BCUT2D eigenvalue weighted by Gasteiger charge is -2.12. The molecule has 0 unspecified atom stereocenters. The average Bonchev–Trinajstić information content (AvgIpc) is 2.52. The fourth-order valence-electron chi connectivity index (χ4n) is 1.93. The third kappa shape index (κ3) is 3.84. The molecule has 1 nitrogen and oxygen atoms in total. The van der Waals surface area contributed by atoms with Gasteiger partial charge in [-0.1, -0.05) is 32.3 Å². The summed E-state index contributed by atoms with van der Waals surface area (Å²) in [6.07, 6.45) is 11.9. The molecule has 0 atom stereocenters. The van der Waals surface area contributed by atoms with Crippen LogP contribution >= 0.6 is 0 Å². The van der Waals surface area contributed by atoms with E-state index in [4.69, 9.17) is 0 Å². The molecule has 76 valence electrons. The van der Waals surface area contributed by atoms with Gasteiger partial charge in [-0.25, -0.2) is 0 Å². The molecule has 0 saturated carbocycles.